The third-order valence-electron chi connectivity index (χ3n) is 4.15. The van der Waals surface area contributed by atoms with Gasteiger partial charge in [-0.25, -0.2) is 4.98 Å². The molecule has 0 bridgehead atoms. The van der Waals surface area contributed by atoms with Gasteiger partial charge in [-0.3, -0.25) is 14.2 Å². The van der Waals surface area contributed by atoms with Crippen molar-refractivity contribution in [3.05, 3.63) is 20.8 Å². The van der Waals surface area contributed by atoms with E-state index >= 15 is 0 Å². The molecule has 0 spiro atoms. The summed E-state index contributed by atoms with van der Waals surface area (Å²) in [6.45, 7) is 8.33. The number of thioether (sulfide) groups is 1. The van der Waals surface area contributed by atoms with E-state index in [0.29, 0.717) is 23.1 Å². The van der Waals surface area contributed by atoms with Gasteiger partial charge in [-0.2, -0.15) is 0 Å². The van der Waals surface area contributed by atoms with Crippen LogP contribution in [0.3, 0.4) is 0 Å². The maximum Gasteiger partial charge on any atom is 0.263 e. The smallest absolute Gasteiger partial charge is 0.263 e. The van der Waals surface area contributed by atoms with Crippen molar-refractivity contribution in [2.75, 3.05) is 0 Å². The van der Waals surface area contributed by atoms with Crippen molar-refractivity contribution < 1.29 is 4.79 Å². The standard InChI is InChI=1S/C16H21N3O2S2/c1-5-19-15(21)12-8(2)9(3)22-14(12)18-16(19)23-10(4)13(20)17-11-6-7-11/h10-11H,5-7H2,1-4H3,(H,17,20)/t10-/m0/s1. The van der Waals surface area contributed by atoms with E-state index < -0.39 is 0 Å². The molecule has 1 N–H and O–H groups in total. The Hall–Kier alpha value is -1.34. The molecule has 0 aromatic carbocycles. The van der Waals surface area contributed by atoms with Crippen LogP contribution in [-0.4, -0.2) is 26.8 Å². The zero-order valence-corrected chi connectivity index (χ0v) is 15.4. The Morgan fingerprint density at radius 3 is 2.78 bits per heavy atom. The number of fused-ring (bicyclic) bond motifs is 1. The lowest BCUT2D eigenvalue weighted by molar-refractivity contribution is -0.120. The monoisotopic (exact) mass is 351 g/mol. The van der Waals surface area contributed by atoms with E-state index in [1.165, 1.54) is 11.8 Å². The van der Waals surface area contributed by atoms with Gasteiger partial charge in [0.15, 0.2) is 5.16 Å². The van der Waals surface area contributed by atoms with Crippen molar-refractivity contribution in [1.82, 2.24) is 14.9 Å². The van der Waals surface area contributed by atoms with Crippen molar-refractivity contribution in [1.29, 1.82) is 0 Å². The summed E-state index contributed by atoms with van der Waals surface area (Å²) in [6, 6.07) is 0.344. The van der Waals surface area contributed by atoms with Gasteiger partial charge in [0.25, 0.3) is 5.56 Å². The number of aromatic nitrogens is 2. The highest BCUT2D eigenvalue weighted by Crippen LogP contribution is 2.30. The van der Waals surface area contributed by atoms with Crippen molar-refractivity contribution in [3.63, 3.8) is 0 Å². The predicted octanol–water partition coefficient (Wildman–Crippen LogP) is 2.85. The number of rotatable bonds is 5. The van der Waals surface area contributed by atoms with Crippen LogP contribution in [0.1, 0.15) is 37.1 Å². The fraction of sp³-hybridized carbons (Fsp3) is 0.562. The Bertz CT molecular complexity index is 821. The molecule has 0 unspecified atom stereocenters. The molecule has 0 radical (unpaired) electrons. The molecule has 5 nitrogen and oxygen atoms in total. The second-order valence-corrected chi connectivity index (χ2v) is 8.46. The van der Waals surface area contributed by atoms with E-state index in [4.69, 9.17) is 0 Å². The lowest BCUT2D eigenvalue weighted by Crippen LogP contribution is -2.33. The number of carbonyl (C=O) groups is 1. The molecule has 3 rings (SSSR count). The second-order valence-electron chi connectivity index (χ2n) is 5.95. The molecular weight excluding hydrogens is 330 g/mol. The molecule has 2 heterocycles. The fourth-order valence-corrected chi connectivity index (χ4v) is 4.49. The summed E-state index contributed by atoms with van der Waals surface area (Å²) in [5.41, 5.74) is 1.01. The quantitative estimate of drug-likeness (QED) is 0.664. The number of amides is 1. The van der Waals surface area contributed by atoms with Crippen LogP contribution in [0, 0.1) is 13.8 Å². The summed E-state index contributed by atoms with van der Waals surface area (Å²) in [6.07, 6.45) is 2.14. The van der Waals surface area contributed by atoms with E-state index in [1.54, 1.807) is 15.9 Å². The van der Waals surface area contributed by atoms with Crippen LogP contribution in [0.4, 0.5) is 0 Å². The number of thiophene rings is 1. The van der Waals surface area contributed by atoms with Gasteiger partial charge in [0.2, 0.25) is 5.91 Å². The molecule has 1 fully saturated rings. The van der Waals surface area contributed by atoms with E-state index in [0.717, 1.165) is 28.1 Å². The van der Waals surface area contributed by atoms with Crippen molar-refractivity contribution in [2.24, 2.45) is 0 Å². The van der Waals surface area contributed by atoms with E-state index in [-0.39, 0.29) is 16.7 Å². The molecule has 124 valence electrons. The average molecular weight is 351 g/mol. The second kappa shape index (κ2) is 6.28. The Balaban J connectivity index is 1.96. The lowest BCUT2D eigenvalue weighted by Gasteiger charge is -2.14. The number of hydrogen-bond donors (Lipinski definition) is 1. The third kappa shape index (κ3) is 3.17. The van der Waals surface area contributed by atoms with Crippen LogP contribution in [0.15, 0.2) is 9.95 Å². The Labute approximate surface area is 143 Å². The third-order valence-corrected chi connectivity index (χ3v) is 6.34. The number of nitrogens with one attached hydrogen (secondary N) is 1. The first kappa shape index (κ1) is 16.5. The topological polar surface area (TPSA) is 64.0 Å². The number of aryl methyl sites for hydroxylation is 2. The van der Waals surface area contributed by atoms with Crippen molar-refractivity contribution in [2.45, 2.75) is 63.5 Å². The zero-order valence-electron chi connectivity index (χ0n) is 13.8. The molecule has 23 heavy (non-hydrogen) atoms. The number of hydrogen-bond acceptors (Lipinski definition) is 5. The van der Waals surface area contributed by atoms with Crippen LogP contribution in [0.25, 0.3) is 10.2 Å². The van der Waals surface area contributed by atoms with Gasteiger partial charge < -0.3 is 5.32 Å². The SMILES string of the molecule is CCn1c(S[C@@H](C)C(=O)NC2CC2)nc2sc(C)c(C)c2c1=O. The highest BCUT2D eigenvalue weighted by Gasteiger charge is 2.27. The number of carbonyl (C=O) groups excluding carboxylic acids is 1. The van der Waals surface area contributed by atoms with Gasteiger partial charge in [-0.15, -0.1) is 11.3 Å². The maximum atomic E-state index is 12.8. The molecule has 1 amide bonds. The summed E-state index contributed by atoms with van der Waals surface area (Å²) >= 11 is 2.91. The average Bonchev–Trinajstić information content (AvgIpc) is 3.25. The molecule has 1 aliphatic carbocycles. The first-order chi connectivity index (χ1) is 10.9. The molecule has 2 aromatic heterocycles. The van der Waals surface area contributed by atoms with Gasteiger partial charge >= 0.3 is 0 Å². The lowest BCUT2D eigenvalue weighted by atomic mass is 10.2. The largest absolute Gasteiger partial charge is 0.352 e. The minimum atomic E-state index is -0.264. The van der Waals surface area contributed by atoms with E-state index in [1.807, 2.05) is 27.7 Å². The van der Waals surface area contributed by atoms with E-state index in [2.05, 4.69) is 10.3 Å². The van der Waals surface area contributed by atoms with Crippen molar-refractivity contribution in [3.8, 4) is 0 Å². The maximum absolute atomic E-state index is 12.8. The van der Waals surface area contributed by atoms with Gasteiger partial charge in [0.05, 0.1) is 10.6 Å². The van der Waals surface area contributed by atoms with E-state index in [9.17, 15) is 9.59 Å². The van der Waals surface area contributed by atoms with Gasteiger partial charge in [-0.1, -0.05) is 11.8 Å². The molecule has 2 aromatic rings. The Kier molecular flexibility index (Phi) is 4.51. The molecule has 7 heteroatoms. The summed E-state index contributed by atoms with van der Waals surface area (Å²) < 4.78 is 1.67. The molecule has 0 aliphatic heterocycles. The minimum absolute atomic E-state index is 0.00310. The molecule has 1 atom stereocenters. The van der Waals surface area contributed by atoms with Crippen LogP contribution in [0.2, 0.25) is 0 Å². The van der Waals surface area contributed by atoms with Crippen molar-refractivity contribution >= 4 is 39.2 Å². The van der Waals surface area contributed by atoms with Gasteiger partial charge in [0.1, 0.15) is 4.83 Å². The Morgan fingerprint density at radius 1 is 1.48 bits per heavy atom. The first-order valence-electron chi connectivity index (χ1n) is 7.90. The Morgan fingerprint density at radius 2 is 2.17 bits per heavy atom. The predicted molar refractivity (Wildman–Crippen MR) is 95.5 cm³/mol. The van der Waals surface area contributed by atoms with Gasteiger partial charge in [-0.05, 0) is 46.1 Å². The number of nitrogens with zero attached hydrogens (tertiary/aromatic N) is 2. The molecule has 1 aliphatic rings. The normalized spacial score (nSPS) is 15.8. The van der Waals surface area contributed by atoms with Crippen LogP contribution >= 0.6 is 23.1 Å². The van der Waals surface area contributed by atoms with Crippen LogP contribution in [-0.2, 0) is 11.3 Å². The van der Waals surface area contributed by atoms with Crippen LogP contribution in [0.5, 0.6) is 0 Å². The van der Waals surface area contributed by atoms with Crippen LogP contribution < -0.4 is 10.9 Å². The highest BCUT2D eigenvalue weighted by atomic mass is 32.2. The molecular formula is C16H21N3O2S2. The molecule has 0 saturated heterocycles. The van der Waals surface area contributed by atoms with Gasteiger partial charge in [0, 0.05) is 17.5 Å². The zero-order chi connectivity index (χ0) is 16.7. The highest BCUT2D eigenvalue weighted by molar-refractivity contribution is 8.00. The summed E-state index contributed by atoms with van der Waals surface area (Å²) in [7, 11) is 0. The molecule has 1 saturated carbocycles. The minimum Gasteiger partial charge on any atom is -0.352 e. The summed E-state index contributed by atoms with van der Waals surface area (Å²) in [5.74, 6) is 0.0213. The first-order valence-corrected chi connectivity index (χ1v) is 9.59. The summed E-state index contributed by atoms with van der Waals surface area (Å²) in [4.78, 5) is 31.5. The fourth-order valence-electron chi connectivity index (χ4n) is 2.44. The summed E-state index contributed by atoms with van der Waals surface area (Å²) in [5, 5.41) is 4.09.